The molecule has 96 valence electrons. The zero-order valence-corrected chi connectivity index (χ0v) is 9.93. The van der Waals surface area contributed by atoms with E-state index in [1.54, 1.807) is 13.0 Å². The van der Waals surface area contributed by atoms with Gasteiger partial charge in [0.1, 0.15) is 0 Å². The van der Waals surface area contributed by atoms with E-state index in [0.717, 1.165) is 7.11 Å². The van der Waals surface area contributed by atoms with Crippen molar-refractivity contribution in [2.75, 3.05) is 7.11 Å². The Kier molecular flexibility index (Phi) is 4.36. The molecule has 1 amide bonds. The third-order valence-electron chi connectivity index (χ3n) is 2.42. The number of rotatable bonds is 3. The summed E-state index contributed by atoms with van der Waals surface area (Å²) in [6, 6.07) is 4.53. The third-order valence-corrected chi connectivity index (χ3v) is 2.42. The molecule has 1 aromatic rings. The lowest BCUT2D eigenvalue weighted by Crippen LogP contribution is -2.31. The Morgan fingerprint density at radius 3 is 2.67 bits per heavy atom. The molecule has 7 heteroatoms. The maximum Gasteiger partial charge on any atom is 0.396 e. The van der Waals surface area contributed by atoms with Gasteiger partial charge < -0.3 is 10.1 Å². The van der Waals surface area contributed by atoms with Gasteiger partial charge in [0.15, 0.2) is 0 Å². The number of amides is 1. The molecule has 0 aliphatic rings. The first-order valence-electron chi connectivity index (χ1n) is 5.06. The van der Waals surface area contributed by atoms with Gasteiger partial charge in [-0.2, -0.15) is 0 Å². The zero-order valence-electron chi connectivity index (χ0n) is 9.93. The van der Waals surface area contributed by atoms with Crippen LogP contribution in [0.4, 0.5) is 5.69 Å². The van der Waals surface area contributed by atoms with Crippen LogP contribution in [0.5, 0.6) is 0 Å². The van der Waals surface area contributed by atoms with Gasteiger partial charge in [0.05, 0.1) is 12.0 Å². The van der Waals surface area contributed by atoms with Crippen LogP contribution in [-0.2, 0) is 20.9 Å². The highest BCUT2D eigenvalue weighted by Crippen LogP contribution is 2.20. The van der Waals surface area contributed by atoms with E-state index in [-0.39, 0.29) is 12.2 Å². The molecule has 0 saturated heterocycles. The number of carbonyl (C=O) groups is 2. The molecule has 1 N–H and O–H groups in total. The van der Waals surface area contributed by atoms with E-state index in [9.17, 15) is 19.7 Å². The monoisotopic (exact) mass is 252 g/mol. The molecule has 0 aliphatic heterocycles. The number of hydrogen-bond donors (Lipinski definition) is 1. The predicted molar refractivity (Wildman–Crippen MR) is 61.7 cm³/mol. The molecule has 0 aromatic heterocycles. The molecule has 0 atom stereocenters. The minimum atomic E-state index is -1.00. The molecular weight excluding hydrogens is 240 g/mol. The summed E-state index contributed by atoms with van der Waals surface area (Å²) in [7, 11) is 1.10. The smallest absolute Gasteiger partial charge is 0.396 e. The SMILES string of the molecule is COC(=O)C(=O)NCc1cccc([N+](=O)[O-])c1C. The molecule has 0 unspecified atom stereocenters. The average molecular weight is 252 g/mol. The van der Waals surface area contributed by atoms with E-state index >= 15 is 0 Å². The van der Waals surface area contributed by atoms with Gasteiger partial charge >= 0.3 is 11.9 Å². The van der Waals surface area contributed by atoms with Crippen LogP contribution in [0.25, 0.3) is 0 Å². The summed E-state index contributed by atoms with van der Waals surface area (Å²) in [4.78, 5) is 32.2. The highest BCUT2D eigenvalue weighted by atomic mass is 16.6. The van der Waals surface area contributed by atoms with Gasteiger partial charge in [-0.25, -0.2) is 4.79 Å². The molecule has 0 bridgehead atoms. The maximum absolute atomic E-state index is 11.2. The highest BCUT2D eigenvalue weighted by molar-refractivity contribution is 6.32. The lowest BCUT2D eigenvalue weighted by molar-refractivity contribution is -0.385. The van der Waals surface area contributed by atoms with Crippen molar-refractivity contribution in [2.45, 2.75) is 13.5 Å². The fraction of sp³-hybridized carbons (Fsp3) is 0.273. The summed E-state index contributed by atoms with van der Waals surface area (Å²) >= 11 is 0. The normalized spacial score (nSPS) is 9.67. The van der Waals surface area contributed by atoms with Crippen LogP contribution in [0.1, 0.15) is 11.1 Å². The van der Waals surface area contributed by atoms with E-state index in [1.807, 2.05) is 0 Å². The fourth-order valence-electron chi connectivity index (χ4n) is 1.40. The van der Waals surface area contributed by atoms with Gasteiger partial charge in [-0.15, -0.1) is 0 Å². The van der Waals surface area contributed by atoms with Crippen LogP contribution >= 0.6 is 0 Å². The van der Waals surface area contributed by atoms with Gasteiger partial charge in [0.25, 0.3) is 5.69 Å². The van der Waals surface area contributed by atoms with Gasteiger partial charge in [-0.3, -0.25) is 14.9 Å². The molecule has 1 rings (SSSR count). The molecule has 0 aliphatic carbocycles. The number of nitro benzene ring substituents is 1. The topological polar surface area (TPSA) is 98.5 Å². The van der Waals surface area contributed by atoms with Crippen LogP contribution < -0.4 is 5.32 Å². The molecule has 0 heterocycles. The van der Waals surface area contributed by atoms with E-state index in [0.29, 0.717) is 11.1 Å². The predicted octanol–water partition coefficient (Wildman–Crippen LogP) is 0.692. The standard InChI is InChI=1S/C11H12N2O5/c1-7-8(4-3-5-9(7)13(16)17)6-12-10(14)11(15)18-2/h3-5H,6H2,1-2H3,(H,12,14). The maximum atomic E-state index is 11.2. The van der Waals surface area contributed by atoms with Gasteiger partial charge in [0.2, 0.25) is 0 Å². The molecule has 1 aromatic carbocycles. The van der Waals surface area contributed by atoms with E-state index in [2.05, 4.69) is 10.1 Å². The van der Waals surface area contributed by atoms with E-state index in [4.69, 9.17) is 0 Å². The second kappa shape index (κ2) is 5.76. The van der Waals surface area contributed by atoms with Crippen molar-refractivity contribution in [3.05, 3.63) is 39.4 Å². The minimum absolute atomic E-state index is 0.0279. The summed E-state index contributed by atoms with van der Waals surface area (Å²) < 4.78 is 4.23. The third kappa shape index (κ3) is 3.03. The number of hydrogen-bond acceptors (Lipinski definition) is 5. The van der Waals surface area contributed by atoms with Crippen molar-refractivity contribution in [3.63, 3.8) is 0 Å². The first kappa shape index (κ1) is 13.6. The number of nitrogens with zero attached hydrogens (tertiary/aromatic N) is 1. The summed E-state index contributed by atoms with van der Waals surface area (Å²) in [5.41, 5.74) is 0.994. The molecule has 0 fully saturated rings. The van der Waals surface area contributed by atoms with Crippen molar-refractivity contribution in [2.24, 2.45) is 0 Å². The quantitative estimate of drug-likeness (QED) is 0.369. The Hall–Kier alpha value is -2.44. The number of benzene rings is 1. The molecular formula is C11H12N2O5. The lowest BCUT2D eigenvalue weighted by Gasteiger charge is -2.07. The van der Waals surface area contributed by atoms with Crippen molar-refractivity contribution < 1.29 is 19.2 Å². The van der Waals surface area contributed by atoms with Crippen LogP contribution in [0.3, 0.4) is 0 Å². The van der Waals surface area contributed by atoms with Gasteiger partial charge in [-0.05, 0) is 12.5 Å². The van der Waals surface area contributed by atoms with Crippen molar-refractivity contribution >= 4 is 17.6 Å². The lowest BCUT2D eigenvalue weighted by atomic mass is 10.1. The Balaban J connectivity index is 2.80. The summed E-state index contributed by atoms with van der Waals surface area (Å²) in [5, 5.41) is 13.0. The first-order chi connectivity index (χ1) is 8.47. The second-order valence-electron chi connectivity index (χ2n) is 3.49. The Morgan fingerprint density at radius 2 is 2.11 bits per heavy atom. The second-order valence-corrected chi connectivity index (χ2v) is 3.49. The molecule has 7 nitrogen and oxygen atoms in total. The summed E-state index contributed by atoms with van der Waals surface area (Å²) in [5.74, 6) is -1.89. The van der Waals surface area contributed by atoms with Gasteiger partial charge in [0, 0.05) is 18.2 Å². The summed E-state index contributed by atoms with van der Waals surface area (Å²) in [6.45, 7) is 1.61. The number of methoxy groups -OCH3 is 1. The van der Waals surface area contributed by atoms with Crippen molar-refractivity contribution in [3.8, 4) is 0 Å². The van der Waals surface area contributed by atoms with Crippen LogP contribution in [-0.4, -0.2) is 23.9 Å². The number of esters is 1. The Morgan fingerprint density at radius 1 is 1.44 bits per heavy atom. The summed E-state index contributed by atoms with van der Waals surface area (Å²) in [6.07, 6.45) is 0. The zero-order chi connectivity index (χ0) is 13.7. The Bertz CT molecular complexity index is 498. The number of ether oxygens (including phenoxy) is 1. The van der Waals surface area contributed by atoms with Crippen molar-refractivity contribution in [1.29, 1.82) is 0 Å². The molecule has 0 radical (unpaired) electrons. The number of carbonyl (C=O) groups excluding carboxylic acids is 2. The molecule has 0 spiro atoms. The number of nitrogens with one attached hydrogen (secondary N) is 1. The molecule has 18 heavy (non-hydrogen) atoms. The van der Waals surface area contributed by atoms with Crippen LogP contribution in [0.2, 0.25) is 0 Å². The van der Waals surface area contributed by atoms with Crippen LogP contribution in [0.15, 0.2) is 18.2 Å². The van der Waals surface area contributed by atoms with Crippen molar-refractivity contribution in [1.82, 2.24) is 5.32 Å². The van der Waals surface area contributed by atoms with Gasteiger partial charge in [-0.1, -0.05) is 12.1 Å². The number of nitro groups is 1. The van der Waals surface area contributed by atoms with E-state index in [1.165, 1.54) is 12.1 Å². The largest absolute Gasteiger partial charge is 0.462 e. The fourth-order valence-corrected chi connectivity index (χ4v) is 1.40. The average Bonchev–Trinajstić information content (AvgIpc) is 2.35. The Labute approximate surface area is 103 Å². The molecule has 0 saturated carbocycles. The first-order valence-corrected chi connectivity index (χ1v) is 5.06. The van der Waals surface area contributed by atoms with Crippen LogP contribution in [0, 0.1) is 17.0 Å². The minimum Gasteiger partial charge on any atom is -0.462 e. The highest BCUT2D eigenvalue weighted by Gasteiger charge is 2.16. The van der Waals surface area contributed by atoms with E-state index < -0.39 is 16.8 Å².